The van der Waals surface area contributed by atoms with Gasteiger partial charge in [-0.15, -0.1) is 0 Å². The number of methoxy groups -OCH3 is 1. The van der Waals surface area contributed by atoms with Crippen molar-refractivity contribution in [3.05, 3.63) is 72.1 Å². The van der Waals surface area contributed by atoms with Crippen LogP contribution in [0.1, 0.15) is 34.6 Å². The normalized spacial score (nSPS) is 10.2. The minimum atomic E-state index is -0.333. The highest BCUT2D eigenvalue weighted by atomic mass is 16.5. The third-order valence-corrected chi connectivity index (χ3v) is 4.45. The fourth-order valence-electron chi connectivity index (χ4n) is 2.96. The van der Waals surface area contributed by atoms with Crippen molar-refractivity contribution >= 4 is 23.2 Å². The van der Waals surface area contributed by atoms with Gasteiger partial charge in [0.05, 0.1) is 31.7 Å². The first kappa shape index (κ1) is 22.6. The molecular weight excluding hydrogens is 410 g/mol. The summed E-state index contributed by atoms with van der Waals surface area (Å²) in [5, 5.41) is 5.69. The molecule has 0 radical (unpaired) electrons. The molecule has 0 fully saturated rings. The maximum absolute atomic E-state index is 12.8. The highest BCUT2D eigenvalue weighted by Gasteiger charge is 2.18. The summed E-state index contributed by atoms with van der Waals surface area (Å²) in [4.78, 5) is 29.4. The number of amides is 2. The molecule has 2 amide bonds. The van der Waals surface area contributed by atoms with Crippen LogP contribution in [0.25, 0.3) is 0 Å². The Balaban J connectivity index is 1.92. The SMILES string of the molecule is CCOc1cc(NC(=O)c2cccc(OC)c2)c(OCC)cc1NC(=O)c1ccncc1. The second-order valence-corrected chi connectivity index (χ2v) is 6.59. The van der Waals surface area contributed by atoms with Gasteiger partial charge in [-0.3, -0.25) is 14.6 Å². The monoisotopic (exact) mass is 435 g/mol. The van der Waals surface area contributed by atoms with Gasteiger partial charge in [-0.25, -0.2) is 0 Å². The van der Waals surface area contributed by atoms with Crippen molar-refractivity contribution in [3.8, 4) is 17.2 Å². The first-order valence-electron chi connectivity index (χ1n) is 10.2. The third kappa shape index (κ3) is 5.54. The van der Waals surface area contributed by atoms with Crippen LogP contribution in [0.5, 0.6) is 17.2 Å². The minimum absolute atomic E-state index is 0.316. The van der Waals surface area contributed by atoms with E-state index in [0.717, 1.165) is 0 Å². The number of carbonyl (C=O) groups excluding carboxylic acids is 2. The summed E-state index contributed by atoms with van der Waals surface area (Å²) >= 11 is 0. The molecule has 0 atom stereocenters. The Morgan fingerprint density at radius 2 is 1.38 bits per heavy atom. The van der Waals surface area contributed by atoms with Crippen LogP contribution in [0.3, 0.4) is 0 Å². The fourth-order valence-corrected chi connectivity index (χ4v) is 2.96. The molecule has 0 aliphatic carbocycles. The molecule has 3 aromatic rings. The predicted molar refractivity (Wildman–Crippen MR) is 122 cm³/mol. The van der Waals surface area contributed by atoms with Gasteiger partial charge in [0.2, 0.25) is 0 Å². The molecule has 166 valence electrons. The number of hydrogen-bond donors (Lipinski definition) is 2. The van der Waals surface area contributed by atoms with E-state index in [1.54, 1.807) is 60.9 Å². The van der Waals surface area contributed by atoms with Crippen molar-refractivity contribution < 1.29 is 23.8 Å². The Kier molecular flexibility index (Phi) is 7.64. The van der Waals surface area contributed by atoms with E-state index in [4.69, 9.17) is 14.2 Å². The molecule has 0 spiro atoms. The van der Waals surface area contributed by atoms with E-state index in [-0.39, 0.29) is 11.8 Å². The van der Waals surface area contributed by atoms with Crippen molar-refractivity contribution in [3.63, 3.8) is 0 Å². The average Bonchev–Trinajstić information content (AvgIpc) is 2.82. The lowest BCUT2D eigenvalue weighted by atomic mass is 10.1. The number of nitrogens with one attached hydrogen (secondary N) is 2. The Bertz CT molecular complexity index is 1090. The summed E-state index contributed by atoms with van der Waals surface area (Å²) in [5.41, 5.74) is 1.73. The molecule has 0 saturated heterocycles. The molecule has 32 heavy (non-hydrogen) atoms. The van der Waals surface area contributed by atoms with Crippen LogP contribution in [0, 0.1) is 0 Å². The molecule has 0 bridgehead atoms. The summed E-state index contributed by atoms with van der Waals surface area (Å²) in [6, 6.07) is 13.3. The van der Waals surface area contributed by atoms with Crippen molar-refractivity contribution in [2.45, 2.75) is 13.8 Å². The molecule has 8 heteroatoms. The number of carbonyl (C=O) groups is 2. The molecule has 2 N–H and O–H groups in total. The highest BCUT2D eigenvalue weighted by molar-refractivity contribution is 6.07. The first-order chi connectivity index (χ1) is 15.5. The van der Waals surface area contributed by atoms with Crippen LogP contribution in [-0.2, 0) is 0 Å². The largest absolute Gasteiger partial charge is 0.497 e. The van der Waals surface area contributed by atoms with E-state index in [2.05, 4.69) is 15.6 Å². The zero-order valence-electron chi connectivity index (χ0n) is 18.2. The quantitative estimate of drug-likeness (QED) is 0.517. The number of nitrogens with zero attached hydrogens (tertiary/aromatic N) is 1. The van der Waals surface area contributed by atoms with Crippen LogP contribution < -0.4 is 24.8 Å². The van der Waals surface area contributed by atoms with Crippen LogP contribution in [-0.4, -0.2) is 37.1 Å². The Hall–Kier alpha value is -4.07. The molecule has 1 aromatic heterocycles. The second-order valence-electron chi connectivity index (χ2n) is 6.59. The summed E-state index contributed by atoms with van der Waals surface area (Å²) in [6.45, 7) is 4.40. The molecule has 1 heterocycles. The van der Waals surface area contributed by atoms with E-state index >= 15 is 0 Å². The highest BCUT2D eigenvalue weighted by Crippen LogP contribution is 2.37. The van der Waals surface area contributed by atoms with E-state index in [0.29, 0.717) is 53.0 Å². The maximum Gasteiger partial charge on any atom is 0.255 e. The number of rotatable bonds is 9. The maximum atomic E-state index is 12.8. The molecule has 3 rings (SSSR count). The zero-order valence-corrected chi connectivity index (χ0v) is 18.2. The first-order valence-corrected chi connectivity index (χ1v) is 10.2. The second kappa shape index (κ2) is 10.8. The minimum Gasteiger partial charge on any atom is -0.497 e. The summed E-state index contributed by atoms with van der Waals surface area (Å²) in [7, 11) is 1.54. The molecule has 2 aromatic carbocycles. The smallest absolute Gasteiger partial charge is 0.255 e. The van der Waals surface area contributed by atoms with E-state index in [9.17, 15) is 9.59 Å². The summed E-state index contributed by atoms with van der Waals surface area (Å²) in [5.74, 6) is 0.730. The predicted octanol–water partition coefficient (Wildman–Crippen LogP) is 4.39. The van der Waals surface area contributed by atoms with Gasteiger partial charge in [-0.2, -0.15) is 0 Å². The number of hydrogen-bond acceptors (Lipinski definition) is 6. The fraction of sp³-hybridized carbons (Fsp3) is 0.208. The average molecular weight is 435 g/mol. The standard InChI is InChI=1S/C24H25N3O5/c1-4-31-21-15-20(27-24(29)17-7-6-8-18(13-17)30-3)22(32-5-2)14-19(21)26-23(28)16-9-11-25-12-10-16/h6-15H,4-5H2,1-3H3,(H,26,28)(H,27,29). The van der Waals surface area contributed by atoms with Crippen molar-refractivity contribution in [2.75, 3.05) is 31.0 Å². The zero-order chi connectivity index (χ0) is 22.9. The summed E-state index contributed by atoms with van der Waals surface area (Å²) in [6.07, 6.45) is 3.09. The molecule has 8 nitrogen and oxygen atoms in total. The molecule has 0 aliphatic heterocycles. The lowest BCUT2D eigenvalue weighted by Crippen LogP contribution is -2.16. The topological polar surface area (TPSA) is 98.8 Å². The van der Waals surface area contributed by atoms with Gasteiger partial charge in [0.25, 0.3) is 11.8 Å². The lowest BCUT2D eigenvalue weighted by molar-refractivity contribution is 0.101. The van der Waals surface area contributed by atoms with Crippen molar-refractivity contribution in [1.29, 1.82) is 0 Å². The van der Waals surface area contributed by atoms with Gasteiger partial charge >= 0.3 is 0 Å². The third-order valence-electron chi connectivity index (χ3n) is 4.45. The van der Waals surface area contributed by atoms with Crippen LogP contribution in [0.2, 0.25) is 0 Å². The molecule has 0 unspecified atom stereocenters. The molecule has 0 saturated carbocycles. The van der Waals surface area contributed by atoms with Crippen LogP contribution in [0.15, 0.2) is 60.9 Å². The van der Waals surface area contributed by atoms with Gasteiger partial charge in [-0.1, -0.05) is 6.07 Å². The van der Waals surface area contributed by atoms with Crippen LogP contribution >= 0.6 is 0 Å². The Morgan fingerprint density at radius 1 is 0.812 bits per heavy atom. The van der Waals surface area contributed by atoms with Gasteiger partial charge in [0.15, 0.2) is 0 Å². The Labute approximate surface area is 186 Å². The van der Waals surface area contributed by atoms with E-state index in [1.165, 1.54) is 7.11 Å². The van der Waals surface area contributed by atoms with Crippen LogP contribution in [0.4, 0.5) is 11.4 Å². The Morgan fingerprint density at radius 3 is 1.91 bits per heavy atom. The van der Waals surface area contributed by atoms with Crippen molar-refractivity contribution in [2.24, 2.45) is 0 Å². The van der Waals surface area contributed by atoms with Gasteiger partial charge in [-0.05, 0) is 44.2 Å². The molecule has 0 aliphatic rings. The van der Waals surface area contributed by atoms with Gasteiger partial charge in [0.1, 0.15) is 17.2 Å². The number of pyridine rings is 1. The van der Waals surface area contributed by atoms with Gasteiger partial charge in [0, 0.05) is 35.7 Å². The van der Waals surface area contributed by atoms with Gasteiger partial charge < -0.3 is 24.8 Å². The number of aromatic nitrogens is 1. The molecular formula is C24H25N3O5. The van der Waals surface area contributed by atoms with Crippen molar-refractivity contribution in [1.82, 2.24) is 4.98 Å². The number of ether oxygens (including phenoxy) is 3. The number of benzene rings is 2. The van der Waals surface area contributed by atoms with E-state index < -0.39 is 0 Å². The summed E-state index contributed by atoms with van der Waals surface area (Å²) < 4.78 is 16.6. The lowest BCUT2D eigenvalue weighted by Gasteiger charge is -2.18. The number of anilines is 2. The van der Waals surface area contributed by atoms with E-state index in [1.807, 2.05) is 13.8 Å².